The summed E-state index contributed by atoms with van der Waals surface area (Å²) in [7, 11) is -1.11. The molecule has 5 nitrogen and oxygen atoms in total. The minimum absolute atomic E-state index is 0.00518. The number of hydrogen-bond donors (Lipinski definition) is 1. The van der Waals surface area contributed by atoms with Crippen LogP contribution in [0.15, 0.2) is 18.2 Å². The molecule has 0 bridgehead atoms. The zero-order chi connectivity index (χ0) is 20.6. The van der Waals surface area contributed by atoms with Crippen LogP contribution < -0.4 is 14.8 Å². The molecule has 0 radical (unpaired) electrons. The summed E-state index contributed by atoms with van der Waals surface area (Å²) in [5.74, 6) is 1.40. The van der Waals surface area contributed by atoms with E-state index < -0.39 is 8.07 Å². The fourth-order valence-corrected chi connectivity index (χ4v) is 4.39. The van der Waals surface area contributed by atoms with Gasteiger partial charge >= 0.3 is 0 Å². The molecule has 3 aliphatic rings. The molecule has 29 heavy (non-hydrogen) atoms. The summed E-state index contributed by atoms with van der Waals surface area (Å²) in [6.45, 7) is 11.5. The van der Waals surface area contributed by atoms with E-state index in [1.54, 1.807) is 0 Å². The van der Waals surface area contributed by atoms with Crippen LogP contribution in [0.25, 0.3) is 5.70 Å². The largest absolute Gasteiger partial charge is 0.485 e. The normalized spacial score (nSPS) is 22.8. The molecule has 1 aromatic carbocycles. The number of rotatable bonds is 9. The maximum Gasteiger partial charge on any atom is 0.189 e. The van der Waals surface area contributed by atoms with Crippen LogP contribution in [0, 0.1) is 5.41 Å². The molecule has 1 atom stereocenters. The highest BCUT2D eigenvalue weighted by Gasteiger charge is 2.44. The zero-order valence-electron chi connectivity index (χ0n) is 17.8. The summed E-state index contributed by atoms with van der Waals surface area (Å²) in [5.41, 5.74) is 2.09. The predicted molar refractivity (Wildman–Crippen MR) is 119 cm³/mol. The van der Waals surface area contributed by atoms with E-state index in [-0.39, 0.29) is 18.3 Å². The summed E-state index contributed by atoms with van der Waals surface area (Å²) >= 11 is 6.52. The summed E-state index contributed by atoms with van der Waals surface area (Å²) in [4.78, 5) is 0. The second-order valence-corrected chi connectivity index (χ2v) is 16.0. The quantitative estimate of drug-likeness (QED) is 0.337. The van der Waals surface area contributed by atoms with Crippen molar-refractivity contribution >= 4 is 25.4 Å². The average Bonchev–Trinajstić information content (AvgIpc) is 3.43. The second kappa shape index (κ2) is 8.14. The van der Waals surface area contributed by atoms with Gasteiger partial charge in [0.25, 0.3) is 0 Å². The Bertz CT molecular complexity index is 784. The smallest absolute Gasteiger partial charge is 0.189 e. The van der Waals surface area contributed by atoms with Crippen molar-refractivity contribution in [1.82, 2.24) is 5.32 Å². The number of halogens is 1. The van der Waals surface area contributed by atoms with E-state index >= 15 is 0 Å². The molecule has 1 saturated heterocycles. The van der Waals surface area contributed by atoms with Crippen LogP contribution >= 0.6 is 11.6 Å². The highest BCUT2D eigenvalue weighted by molar-refractivity contribution is 6.76. The first-order valence-electron chi connectivity index (χ1n) is 10.5. The third-order valence-electron chi connectivity index (χ3n) is 5.68. The lowest BCUT2D eigenvalue weighted by molar-refractivity contribution is -0.141. The van der Waals surface area contributed by atoms with E-state index in [1.165, 1.54) is 12.8 Å². The van der Waals surface area contributed by atoms with E-state index in [2.05, 4.69) is 38.0 Å². The fraction of sp³-hybridized carbons (Fsp3) is 0.636. The Morgan fingerprint density at radius 3 is 2.62 bits per heavy atom. The third kappa shape index (κ3) is 5.10. The van der Waals surface area contributed by atoms with Gasteiger partial charge in [0.1, 0.15) is 17.6 Å². The number of ether oxygens (including phenoxy) is 4. The molecule has 4 rings (SSSR count). The highest BCUT2D eigenvalue weighted by atomic mass is 35.5. The number of fused-ring (bicyclic) bond motifs is 1. The Kier molecular flexibility index (Phi) is 5.90. The van der Waals surface area contributed by atoms with Gasteiger partial charge in [0.05, 0.1) is 23.7 Å². The molecule has 2 aliphatic heterocycles. The second-order valence-electron chi connectivity index (χ2n) is 9.94. The molecule has 2 heterocycles. The third-order valence-corrected chi connectivity index (χ3v) is 7.68. The van der Waals surface area contributed by atoms with Crippen molar-refractivity contribution in [2.45, 2.75) is 57.6 Å². The van der Waals surface area contributed by atoms with E-state index in [9.17, 15) is 0 Å². The lowest BCUT2D eigenvalue weighted by atomic mass is 9.80. The van der Waals surface area contributed by atoms with Crippen molar-refractivity contribution in [1.29, 1.82) is 0 Å². The van der Waals surface area contributed by atoms with Crippen molar-refractivity contribution in [3.63, 3.8) is 0 Å². The Hall–Kier alpha value is -1.21. The SMILES string of the molecule is CC1(C2C=C(NC3CC3)c3cc(Cl)c(OCOCC[Si](C)(C)C)cc3O2)COC1. The van der Waals surface area contributed by atoms with Crippen LogP contribution in [0.4, 0.5) is 0 Å². The van der Waals surface area contributed by atoms with Crippen LogP contribution in [0.5, 0.6) is 11.5 Å². The highest BCUT2D eigenvalue weighted by Crippen LogP contribution is 2.44. The number of benzene rings is 1. The molecule has 0 amide bonds. The molecule has 160 valence electrons. The van der Waals surface area contributed by atoms with Gasteiger partial charge in [-0.05, 0) is 31.0 Å². The minimum Gasteiger partial charge on any atom is -0.485 e. The maximum atomic E-state index is 6.52. The van der Waals surface area contributed by atoms with Gasteiger partial charge in [-0.3, -0.25) is 0 Å². The van der Waals surface area contributed by atoms with Gasteiger partial charge in [-0.2, -0.15) is 0 Å². The van der Waals surface area contributed by atoms with Crippen LogP contribution in [0.3, 0.4) is 0 Å². The van der Waals surface area contributed by atoms with Gasteiger partial charge in [0, 0.05) is 38.0 Å². The van der Waals surface area contributed by atoms with Crippen molar-refractivity contribution in [3.05, 3.63) is 28.8 Å². The van der Waals surface area contributed by atoms with Crippen molar-refractivity contribution in [3.8, 4) is 11.5 Å². The van der Waals surface area contributed by atoms with Crippen molar-refractivity contribution < 1.29 is 18.9 Å². The molecule has 7 heteroatoms. The standard InChI is InChI=1S/C22H32ClNO4Si/c1-22(12-26-13-22)21-10-18(24-15-5-6-15)16-9-17(23)20(11-19(16)28-21)27-14-25-7-8-29(2,3)4/h9-11,15,21,24H,5-8,12-14H2,1-4H3. The molecule has 1 aliphatic carbocycles. The first-order chi connectivity index (χ1) is 13.7. The molecular weight excluding hydrogens is 406 g/mol. The van der Waals surface area contributed by atoms with Crippen molar-refractivity contribution in [2.75, 3.05) is 26.6 Å². The summed E-state index contributed by atoms with van der Waals surface area (Å²) in [5, 5.41) is 4.21. The molecule has 0 aromatic heterocycles. The zero-order valence-corrected chi connectivity index (χ0v) is 19.6. The van der Waals surface area contributed by atoms with Gasteiger partial charge in [-0.25, -0.2) is 0 Å². The summed E-state index contributed by atoms with van der Waals surface area (Å²) < 4.78 is 23.3. The average molecular weight is 438 g/mol. The number of nitrogens with one attached hydrogen (secondary N) is 1. The molecule has 1 unspecified atom stereocenters. The van der Waals surface area contributed by atoms with Crippen LogP contribution in [0.2, 0.25) is 30.7 Å². The predicted octanol–water partition coefficient (Wildman–Crippen LogP) is 4.92. The van der Waals surface area contributed by atoms with E-state index in [4.69, 9.17) is 30.5 Å². The Labute approximate surface area is 179 Å². The van der Waals surface area contributed by atoms with E-state index in [1.807, 2.05) is 12.1 Å². The van der Waals surface area contributed by atoms with Crippen LogP contribution in [-0.2, 0) is 9.47 Å². The Morgan fingerprint density at radius 2 is 2.00 bits per heavy atom. The van der Waals surface area contributed by atoms with Gasteiger partial charge in [-0.1, -0.05) is 38.2 Å². The first kappa shape index (κ1) is 21.0. The minimum atomic E-state index is -1.11. The van der Waals surface area contributed by atoms with Gasteiger partial charge in [-0.15, -0.1) is 0 Å². The first-order valence-corrected chi connectivity index (χ1v) is 14.6. The van der Waals surface area contributed by atoms with E-state index in [0.717, 1.165) is 23.1 Å². The molecule has 0 spiro atoms. The summed E-state index contributed by atoms with van der Waals surface area (Å²) in [6.07, 6.45) is 4.58. The van der Waals surface area contributed by atoms with Crippen LogP contribution in [-0.4, -0.2) is 46.8 Å². The van der Waals surface area contributed by atoms with Gasteiger partial charge < -0.3 is 24.3 Å². The Morgan fingerprint density at radius 1 is 1.24 bits per heavy atom. The molecule has 2 fully saturated rings. The van der Waals surface area contributed by atoms with Gasteiger partial charge in [0.2, 0.25) is 0 Å². The molecule has 1 aromatic rings. The number of hydrogen-bond acceptors (Lipinski definition) is 5. The van der Waals surface area contributed by atoms with Crippen molar-refractivity contribution in [2.24, 2.45) is 5.41 Å². The lowest BCUT2D eigenvalue weighted by Gasteiger charge is -2.44. The Balaban J connectivity index is 1.47. The summed E-state index contributed by atoms with van der Waals surface area (Å²) in [6, 6.07) is 5.50. The molecular formula is C22H32ClNO4Si. The topological polar surface area (TPSA) is 49.0 Å². The molecule has 1 saturated carbocycles. The lowest BCUT2D eigenvalue weighted by Crippen LogP contribution is -2.51. The maximum absolute atomic E-state index is 6.52. The monoisotopic (exact) mass is 437 g/mol. The molecule has 1 N–H and O–H groups in total. The fourth-order valence-electron chi connectivity index (χ4n) is 3.41. The van der Waals surface area contributed by atoms with E-state index in [0.29, 0.717) is 36.6 Å². The van der Waals surface area contributed by atoms with Gasteiger partial charge in [0.15, 0.2) is 6.79 Å². The van der Waals surface area contributed by atoms with Crippen LogP contribution in [0.1, 0.15) is 25.3 Å².